The second kappa shape index (κ2) is 3.38. The van der Waals surface area contributed by atoms with Crippen LogP contribution in [0.15, 0.2) is 23.1 Å². The summed E-state index contributed by atoms with van der Waals surface area (Å²) in [5, 5.41) is 2.94. The minimum atomic E-state index is -3.09. The molecule has 1 N–H and O–H groups in total. The second-order valence-corrected chi connectivity index (χ2v) is 5.01. The van der Waals surface area contributed by atoms with E-state index in [-0.39, 0.29) is 0 Å². The fourth-order valence-electron chi connectivity index (χ4n) is 1.10. The van der Waals surface area contributed by atoms with Crippen LogP contribution in [-0.4, -0.2) is 21.7 Å². The van der Waals surface area contributed by atoms with E-state index in [1.54, 1.807) is 25.2 Å². The molecular weight excluding hydrogens is 186 g/mol. The van der Waals surface area contributed by atoms with E-state index in [1.807, 2.05) is 6.92 Å². The summed E-state index contributed by atoms with van der Waals surface area (Å²) in [6.07, 6.45) is 1.21. The van der Waals surface area contributed by atoms with E-state index in [9.17, 15) is 8.42 Å². The summed E-state index contributed by atoms with van der Waals surface area (Å²) in [6.45, 7) is 1.93. The van der Waals surface area contributed by atoms with E-state index in [1.165, 1.54) is 6.26 Å². The molecule has 0 heterocycles. The van der Waals surface area contributed by atoms with Crippen molar-refractivity contribution in [1.82, 2.24) is 0 Å². The summed E-state index contributed by atoms with van der Waals surface area (Å²) in [5.41, 5.74) is 1.89. The Morgan fingerprint density at radius 3 is 2.38 bits per heavy atom. The minimum absolute atomic E-state index is 0.349. The highest BCUT2D eigenvalue weighted by atomic mass is 32.2. The van der Waals surface area contributed by atoms with Gasteiger partial charge >= 0.3 is 0 Å². The van der Waals surface area contributed by atoms with Crippen LogP contribution in [-0.2, 0) is 9.84 Å². The first-order valence-corrected chi connectivity index (χ1v) is 5.83. The van der Waals surface area contributed by atoms with Crippen LogP contribution >= 0.6 is 0 Å². The van der Waals surface area contributed by atoms with Gasteiger partial charge in [-0.3, -0.25) is 0 Å². The van der Waals surface area contributed by atoms with Crippen molar-refractivity contribution in [3.05, 3.63) is 23.8 Å². The summed E-state index contributed by atoms with van der Waals surface area (Å²) >= 11 is 0. The molecule has 0 atom stereocenters. The van der Waals surface area contributed by atoms with Crippen molar-refractivity contribution in [2.75, 3.05) is 18.6 Å². The molecule has 0 saturated carbocycles. The Hall–Kier alpha value is -1.03. The molecule has 0 amide bonds. The number of rotatable bonds is 2. The van der Waals surface area contributed by atoms with Crippen molar-refractivity contribution in [3.63, 3.8) is 0 Å². The van der Waals surface area contributed by atoms with Crippen LogP contribution in [0.1, 0.15) is 5.56 Å². The summed E-state index contributed by atoms with van der Waals surface area (Å²) in [7, 11) is -1.32. The third kappa shape index (κ3) is 2.21. The molecule has 0 radical (unpaired) electrons. The highest BCUT2D eigenvalue weighted by Crippen LogP contribution is 2.19. The maximum Gasteiger partial charge on any atom is 0.175 e. The molecule has 0 bridgehead atoms. The SMILES string of the molecule is CNc1cc(S(C)(=O)=O)ccc1C. The van der Waals surface area contributed by atoms with Crippen molar-refractivity contribution >= 4 is 15.5 Å². The number of sulfone groups is 1. The number of hydrogen-bond acceptors (Lipinski definition) is 3. The molecule has 0 saturated heterocycles. The molecule has 72 valence electrons. The number of hydrogen-bond donors (Lipinski definition) is 1. The van der Waals surface area contributed by atoms with E-state index in [4.69, 9.17) is 0 Å². The molecule has 0 aliphatic carbocycles. The Bertz CT molecular complexity index is 410. The lowest BCUT2D eigenvalue weighted by molar-refractivity contribution is 0.602. The van der Waals surface area contributed by atoms with Crippen LogP contribution in [0.2, 0.25) is 0 Å². The average molecular weight is 199 g/mol. The molecular formula is C9H13NO2S. The normalized spacial score (nSPS) is 11.3. The van der Waals surface area contributed by atoms with Crippen molar-refractivity contribution in [3.8, 4) is 0 Å². The first kappa shape index (κ1) is 10.1. The Balaban J connectivity index is 3.30. The summed E-state index contributed by atoms with van der Waals surface area (Å²) in [5.74, 6) is 0. The summed E-state index contributed by atoms with van der Waals surface area (Å²) < 4.78 is 22.4. The first-order valence-electron chi connectivity index (χ1n) is 3.93. The van der Waals surface area contributed by atoms with Crippen LogP contribution in [0.5, 0.6) is 0 Å². The molecule has 0 fully saturated rings. The van der Waals surface area contributed by atoms with Crippen LogP contribution in [0.25, 0.3) is 0 Å². The summed E-state index contributed by atoms with van der Waals surface area (Å²) in [6, 6.07) is 5.05. The fourth-order valence-corrected chi connectivity index (χ4v) is 1.75. The van der Waals surface area contributed by atoms with Gasteiger partial charge in [0.1, 0.15) is 0 Å². The van der Waals surface area contributed by atoms with Gasteiger partial charge in [-0.2, -0.15) is 0 Å². The molecule has 0 spiro atoms. The monoisotopic (exact) mass is 199 g/mol. The van der Waals surface area contributed by atoms with Gasteiger partial charge in [0.2, 0.25) is 0 Å². The lowest BCUT2D eigenvalue weighted by Crippen LogP contribution is -1.99. The molecule has 13 heavy (non-hydrogen) atoms. The third-order valence-electron chi connectivity index (χ3n) is 1.91. The van der Waals surface area contributed by atoms with Gasteiger partial charge in [-0.25, -0.2) is 8.42 Å². The zero-order valence-electron chi connectivity index (χ0n) is 7.96. The van der Waals surface area contributed by atoms with Gasteiger partial charge in [0, 0.05) is 19.0 Å². The maximum atomic E-state index is 11.2. The predicted molar refractivity (Wildman–Crippen MR) is 53.8 cm³/mol. The Morgan fingerprint density at radius 2 is 1.92 bits per heavy atom. The molecule has 0 unspecified atom stereocenters. The van der Waals surface area contributed by atoms with Crippen LogP contribution in [0.4, 0.5) is 5.69 Å². The van der Waals surface area contributed by atoms with Crippen molar-refractivity contribution < 1.29 is 8.42 Å². The molecule has 1 rings (SSSR count). The molecule has 0 aliphatic heterocycles. The highest BCUT2D eigenvalue weighted by Gasteiger charge is 2.07. The van der Waals surface area contributed by atoms with Gasteiger partial charge in [-0.05, 0) is 24.6 Å². The lowest BCUT2D eigenvalue weighted by Gasteiger charge is -2.06. The smallest absolute Gasteiger partial charge is 0.175 e. The third-order valence-corrected chi connectivity index (χ3v) is 3.02. The van der Waals surface area contributed by atoms with Crippen LogP contribution in [0, 0.1) is 6.92 Å². The van der Waals surface area contributed by atoms with Crippen LogP contribution in [0.3, 0.4) is 0 Å². The Labute approximate surface area is 78.7 Å². The standard InChI is InChI=1S/C9H13NO2S/c1-7-4-5-8(13(3,11)12)6-9(7)10-2/h4-6,10H,1-3H3. The molecule has 3 nitrogen and oxygen atoms in total. The zero-order valence-corrected chi connectivity index (χ0v) is 8.77. The van der Waals surface area contributed by atoms with Gasteiger partial charge in [0.15, 0.2) is 9.84 Å². The second-order valence-electron chi connectivity index (χ2n) is 3.00. The van der Waals surface area contributed by atoms with E-state index >= 15 is 0 Å². The largest absolute Gasteiger partial charge is 0.388 e. The topological polar surface area (TPSA) is 46.2 Å². The predicted octanol–water partition coefficient (Wildman–Crippen LogP) is 1.44. The van der Waals surface area contributed by atoms with E-state index in [2.05, 4.69) is 5.32 Å². The molecule has 1 aromatic rings. The molecule has 0 aliphatic rings. The fraction of sp³-hybridized carbons (Fsp3) is 0.333. The average Bonchev–Trinajstić information content (AvgIpc) is 2.03. The molecule has 1 aromatic carbocycles. The Morgan fingerprint density at radius 1 is 1.31 bits per heavy atom. The van der Waals surface area contributed by atoms with Crippen molar-refractivity contribution in [1.29, 1.82) is 0 Å². The zero-order chi connectivity index (χ0) is 10.1. The number of nitrogens with one attached hydrogen (secondary N) is 1. The number of benzene rings is 1. The van der Waals surface area contributed by atoms with Gasteiger partial charge < -0.3 is 5.32 Å². The number of aryl methyl sites for hydroxylation is 1. The molecule has 0 aromatic heterocycles. The summed E-state index contributed by atoms with van der Waals surface area (Å²) in [4.78, 5) is 0.349. The lowest BCUT2D eigenvalue weighted by atomic mass is 10.2. The Kier molecular flexibility index (Phi) is 2.61. The van der Waals surface area contributed by atoms with Gasteiger partial charge in [0.05, 0.1) is 4.90 Å². The highest BCUT2D eigenvalue weighted by molar-refractivity contribution is 7.90. The first-order chi connectivity index (χ1) is 5.95. The number of anilines is 1. The van der Waals surface area contributed by atoms with E-state index in [0.717, 1.165) is 11.3 Å². The maximum absolute atomic E-state index is 11.2. The minimum Gasteiger partial charge on any atom is -0.388 e. The van der Waals surface area contributed by atoms with Crippen molar-refractivity contribution in [2.24, 2.45) is 0 Å². The molecule has 4 heteroatoms. The quantitative estimate of drug-likeness (QED) is 0.784. The van der Waals surface area contributed by atoms with Gasteiger partial charge in [-0.1, -0.05) is 6.07 Å². The van der Waals surface area contributed by atoms with Crippen LogP contribution < -0.4 is 5.32 Å². The van der Waals surface area contributed by atoms with Gasteiger partial charge in [0.25, 0.3) is 0 Å². The van der Waals surface area contributed by atoms with Crippen molar-refractivity contribution in [2.45, 2.75) is 11.8 Å². The van der Waals surface area contributed by atoms with E-state index in [0.29, 0.717) is 4.90 Å². The van der Waals surface area contributed by atoms with Gasteiger partial charge in [-0.15, -0.1) is 0 Å². The van der Waals surface area contributed by atoms with E-state index < -0.39 is 9.84 Å².